The predicted octanol–water partition coefficient (Wildman–Crippen LogP) is 11.2. The molecule has 0 heterocycles. The van der Waals surface area contributed by atoms with E-state index in [-0.39, 0.29) is 28.1 Å². The molecule has 0 aromatic heterocycles. The molecular formula is C42H66O7Si2. The number of methoxy groups -OCH3 is 3. The summed E-state index contributed by atoms with van der Waals surface area (Å²) in [7, 11) is 0.792. The van der Waals surface area contributed by atoms with Gasteiger partial charge in [-0.05, 0) is 74.1 Å². The van der Waals surface area contributed by atoms with E-state index < -0.39 is 16.6 Å². The molecule has 7 nitrogen and oxygen atoms in total. The molecule has 284 valence electrons. The Hall–Kier alpha value is -2.70. The van der Waals surface area contributed by atoms with Gasteiger partial charge in [-0.25, -0.2) is 0 Å². The van der Waals surface area contributed by atoms with Gasteiger partial charge in [0.05, 0.1) is 45.0 Å². The summed E-state index contributed by atoms with van der Waals surface area (Å²) in [6.07, 6.45) is 2.82. The Kier molecular flexibility index (Phi) is 15.0. The van der Waals surface area contributed by atoms with Crippen LogP contribution < -0.4 is 14.2 Å². The highest BCUT2D eigenvalue weighted by Crippen LogP contribution is 2.47. The first-order chi connectivity index (χ1) is 23.8. The van der Waals surface area contributed by atoms with Crippen LogP contribution in [-0.4, -0.2) is 62.6 Å². The summed E-state index contributed by atoms with van der Waals surface area (Å²) in [4.78, 5) is 14.6. The summed E-state index contributed by atoms with van der Waals surface area (Å²) < 4.78 is 38.1. The highest BCUT2D eigenvalue weighted by molar-refractivity contribution is 6.74. The average molecular weight is 739 g/mol. The van der Waals surface area contributed by atoms with Crippen molar-refractivity contribution in [2.24, 2.45) is 0 Å². The van der Waals surface area contributed by atoms with E-state index in [0.29, 0.717) is 61.7 Å². The molecule has 0 spiro atoms. The zero-order chi connectivity index (χ0) is 38.2. The maximum atomic E-state index is 14.6. The van der Waals surface area contributed by atoms with Crippen LogP contribution in [0.2, 0.25) is 36.3 Å². The second kappa shape index (κ2) is 17.9. The average Bonchev–Trinajstić information content (AvgIpc) is 3.04. The molecule has 0 fully saturated rings. The van der Waals surface area contributed by atoms with Gasteiger partial charge >= 0.3 is 0 Å². The summed E-state index contributed by atoms with van der Waals surface area (Å²) >= 11 is 0. The third-order valence-corrected chi connectivity index (χ3v) is 20.1. The summed E-state index contributed by atoms with van der Waals surface area (Å²) in [5.74, 6) is 1.80. The van der Waals surface area contributed by atoms with Gasteiger partial charge in [0.25, 0.3) is 0 Å². The van der Waals surface area contributed by atoms with Gasteiger partial charge in [-0.3, -0.25) is 4.79 Å². The van der Waals surface area contributed by atoms with Crippen molar-refractivity contribution in [3.8, 4) is 17.2 Å². The van der Waals surface area contributed by atoms with E-state index in [1.165, 1.54) is 0 Å². The lowest BCUT2D eigenvalue weighted by atomic mass is 9.89. The van der Waals surface area contributed by atoms with Gasteiger partial charge in [-0.2, -0.15) is 0 Å². The number of benzene rings is 3. The number of hydrogen-bond donors (Lipinski definition) is 0. The molecule has 0 radical (unpaired) electrons. The Morgan fingerprint density at radius 1 is 0.745 bits per heavy atom. The number of rotatable bonds is 19. The molecule has 51 heavy (non-hydrogen) atoms. The van der Waals surface area contributed by atoms with E-state index >= 15 is 0 Å². The second-order valence-electron chi connectivity index (χ2n) is 16.8. The minimum absolute atomic E-state index is 0.00347. The zero-order valence-corrected chi connectivity index (χ0v) is 36.1. The third kappa shape index (κ3) is 10.9. The van der Waals surface area contributed by atoms with Crippen LogP contribution in [0.4, 0.5) is 0 Å². The molecule has 0 saturated carbocycles. The van der Waals surface area contributed by atoms with Crippen LogP contribution in [0.15, 0.2) is 48.5 Å². The molecular weight excluding hydrogens is 673 g/mol. The van der Waals surface area contributed by atoms with Crippen LogP contribution in [0.3, 0.4) is 0 Å². The molecule has 0 saturated heterocycles. The highest BCUT2D eigenvalue weighted by Gasteiger charge is 2.40. The van der Waals surface area contributed by atoms with Gasteiger partial charge in [-0.1, -0.05) is 84.0 Å². The van der Waals surface area contributed by atoms with Crippen LogP contribution in [0.25, 0.3) is 10.8 Å². The van der Waals surface area contributed by atoms with E-state index in [9.17, 15) is 4.79 Å². The highest BCUT2D eigenvalue weighted by atomic mass is 28.4. The normalized spacial score (nSPS) is 14.0. The first-order valence-electron chi connectivity index (χ1n) is 18.5. The van der Waals surface area contributed by atoms with Gasteiger partial charge in [0.2, 0.25) is 0 Å². The topological polar surface area (TPSA) is 72.5 Å². The van der Waals surface area contributed by atoms with Gasteiger partial charge in [-0.15, -0.1) is 0 Å². The van der Waals surface area contributed by atoms with Gasteiger partial charge < -0.3 is 27.8 Å². The Labute approximate surface area is 311 Å². The SMILES string of the molecule is COc1c(C[C@@H](CCOCc2ccccc2)O[Si](C)(C)C(C)(C)C)c(C(=O)CCC[C@@H](C)O[Si](C)(C)C(C)(C)C)c(OC)c2c(OC)cccc12. The summed E-state index contributed by atoms with van der Waals surface area (Å²) in [6.45, 7) is 25.8. The molecule has 0 N–H and O–H groups in total. The van der Waals surface area contributed by atoms with Gasteiger partial charge in [0.1, 0.15) is 17.2 Å². The smallest absolute Gasteiger partial charge is 0.192 e. The summed E-state index contributed by atoms with van der Waals surface area (Å²) in [6, 6.07) is 16.0. The number of fused-ring (bicyclic) bond motifs is 1. The molecule has 0 bridgehead atoms. The molecule has 0 aliphatic rings. The molecule has 3 aromatic carbocycles. The van der Waals surface area contributed by atoms with Crippen LogP contribution >= 0.6 is 0 Å². The quantitative estimate of drug-likeness (QED) is 0.0689. The fraction of sp³-hybridized carbons (Fsp3) is 0.595. The standard InChI is InChI=1S/C42H66O7Si2/c1-30(48-50(11,12)41(2,3)4)20-18-24-35(43)37-34(39(45-9)33-23-19-25-36(44-8)38(33)40(37)46-10)28-32(49-51(13,14)42(5,6)7)26-27-47-29-31-21-16-15-17-22-31/h15-17,19,21-23,25,30,32H,18,20,24,26-29H2,1-14H3/t30-,32-/m1/s1. The van der Waals surface area contributed by atoms with E-state index in [1.807, 2.05) is 36.4 Å². The van der Waals surface area contributed by atoms with E-state index in [2.05, 4.69) is 86.8 Å². The fourth-order valence-electron chi connectivity index (χ4n) is 6.01. The Balaban J connectivity index is 2.06. The Morgan fingerprint density at radius 2 is 1.35 bits per heavy atom. The first kappa shape index (κ1) is 42.7. The van der Waals surface area contributed by atoms with Crippen molar-refractivity contribution in [1.82, 2.24) is 0 Å². The van der Waals surface area contributed by atoms with Gasteiger partial charge in [0, 0.05) is 36.5 Å². The van der Waals surface area contributed by atoms with Crippen LogP contribution in [0, 0.1) is 0 Å². The Bertz CT molecular complexity index is 1570. The van der Waals surface area contributed by atoms with Crippen molar-refractivity contribution in [2.75, 3.05) is 27.9 Å². The summed E-state index contributed by atoms with van der Waals surface area (Å²) in [5.41, 5.74) is 2.47. The van der Waals surface area contributed by atoms with Crippen molar-refractivity contribution >= 4 is 33.2 Å². The minimum atomic E-state index is -2.22. The monoisotopic (exact) mass is 738 g/mol. The number of ether oxygens (including phenoxy) is 4. The van der Waals surface area contributed by atoms with Crippen LogP contribution in [-0.2, 0) is 26.6 Å². The van der Waals surface area contributed by atoms with Crippen molar-refractivity contribution in [1.29, 1.82) is 0 Å². The van der Waals surface area contributed by atoms with E-state index in [0.717, 1.165) is 28.3 Å². The molecule has 9 heteroatoms. The van der Waals surface area contributed by atoms with Crippen LogP contribution in [0.5, 0.6) is 17.2 Å². The molecule has 3 aromatic rings. The number of ketones is 1. The van der Waals surface area contributed by atoms with Crippen molar-refractivity contribution in [3.63, 3.8) is 0 Å². The third-order valence-electron chi connectivity index (χ3n) is 10.9. The molecule has 3 rings (SSSR count). The second-order valence-corrected chi connectivity index (χ2v) is 26.4. The molecule has 0 amide bonds. The first-order valence-corrected chi connectivity index (χ1v) is 24.3. The predicted molar refractivity (Wildman–Crippen MR) is 216 cm³/mol. The summed E-state index contributed by atoms with van der Waals surface area (Å²) in [5, 5.41) is 1.68. The minimum Gasteiger partial charge on any atom is -0.496 e. The lowest BCUT2D eigenvalue weighted by Crippen LogP contribution is -2.44. The van der Waals surface area contributed by atoms with Crippen molar-refractivity contribution < 1.29 is 32.6 Å². The van der Waals surface area contributed by atoms with Crippen molar-refractivity contribution in [3.05, 3.63) is 65.2 Å². The van der Waals surface area contributed by atoms with E-state index in [4.69, 9.17) is 27.8 Å². The fourth-order valence-corrected chi connectivity index (χ4v) is 8.87. The van der Waals surface area contributed by atoms with Crippen molar-refractivity contribution in [2.45, 2.75) is 136 Å². The molecule has 0 aliphatic heterocycles. The number of carbonyl (C=O) groups excluding carboxylic acids is 1. The lowest BCUT2D eigenvalue weighted by molar-refractivity contribution is 0.0770. The van der Waals surface area contributed by atoms with E-state index in [1.54, 1.807) is 21.3 Å². The Morgan fingerprint density at radius 3 is 1.92 bits per heavy atom. The number of Topliss-reactive ketones (excluding diaryl/α,β-unsaturated/α-hetero) is 1. The zero-order valence-electron chi connectivity index (χ0n) is 34.1. The number of carbonyl (C=O) groups is 1. The maximum absolute atomic E-state index is 14.6. The number of hydrogen-bond acceptors (Lipinski definition) is 7. The molecule has 0 aliphatic carbocycles. The maximum Gasteiger partial charge on any atom is 0.192 e. The lowest BCUT2D eigenvalue weighted by Gasteiger charge is -2.39. The van der Waals surface area contributed by atoms with Crippen LogP contribution in [0.1, 0.15) is 95.6 Å². The molecule has 0 unspecified atom stereocenters. The van der Waals surface area contributed by atoms with Gasteiger partial charge in [0.15, 0.2) is 22.4 Å². The largest absolute Gasteiger partial charge is 0.496 e. The molecule has 2 atom stereocenters.